The zero-order valence-corrected chi connectivity index (χ0v) is 16.4. The Bertz CT molecular complexity index is 841. The second-order valence-electron chi connectivity index (χ2n) is 6.48. The zero-order chi connectivity index (χ0) is 21.4. The Morgan fingerprint density at radius 2 is 1.59 bits per heavy atom. The highest BCUT2D eigenvalue weighted by atomic mass is 19.3. The minimum atomic E-state index is -3.03. The monoisotopic (exact) mass is 407 g/mol. The van der Waals surface area contributed by atoms with Crippen molar-refractivity contribution < 1.29 is 32.6 Å². The maximum Gasteiger partial charge on any atom is 0.387 e. The first kappa shape index (κ1) is 22.1. The lowest BCUT2D eigenvalue weighted by molar-refractivity contribution is -0.155. The fourth-order valence-corrected chi connectivity index (χ4v) is 2.51. The van der Waals surface area contributed by atoms with E-state index in [9.17, 15) is 18.4 Å². The highest BCUT2D eigenvalue weighted by Gasteiger charge is 2.20. The second-order valence-corrected chi connectivity index (χ2v) is 6.48. The molecular formula is C21H23F2NO5. The molecule has 2 aromatic rings. The standard InChI is InChI=1S/C21H23F2NO5/c1-13(2)15-8-4-6-10-17(15)27-12-19(25)28-14(3)20(26)24-16-9-5-7-11-18(16)29-21(22)23/h4-11,13-14,21H,12H2,1-3H3,(H,24,26)/t14-/m0/s1. The van der Waals surface area contributed by atoms with Gasteiger partial charge < -0.3 is 19.5 Å². The molecule has 2 rings (SSSR count). The van der Waals surface area contributed by atoms with Gasteiger partial charge in [0.1, 0.15) is 11.5 Å². The van der Waals surface area contributed by atoms with Gasteiger partial charge in [0.15, 0.2) is 12.7 Å². The van der Waals surface area contributed by atoms with Crippen molar-refractivity contribution in [1.82, 2.24) is 0 Å². The third kappa shape index (κ3) is 6.74. The lowest BCUT2D eigenvalue weighted by Gasteiger charge is -2.17. The van der Waals surface area contributed by atoms with E-state index in [1.54, 1.807) is 18.2 Å². The molecule has 1 N–H and O–H groups in total. The first-order valence-electron chi connectivity index (χ1n) is 9.03. The van der Waals surface area contributed by atoms with E-state index >= 15 is 0 Å². The number of benzene rings is 2. The SMILES string of the molecule is CC(C)c1ccccc1OCC(=O)O[C@@H](C)C(=O)Nc1ccccc1OC(F)F. The Balaban J connectivity index is 1.91. The van der Waals surface area contributed by atoms with E-state index in [4.69, 9.17) is 9.47 Å². The average Bonchev–Trinajstić information content (AvgIpc) is 2.67. The first-order valence-corrected chi connectivity index (χ1v) is 9.03. The smallest absolute Gasteiger partial charge is 0.387 e. The van der Waals surface area contributed by atoms with Crippen LogP contribution in [0, 0.1) is 0 Å². The van der Waals surface area contributed by atoms with Crippen LogP contribution in [-0.4, -0.2) is 31.2 Å². The van der Waals surface area contributed by atoms with Gasteiger partial charge in [-0.25, -0.2) is 4.79 Å². The van der Waals surface area contributed by atoms with Gasteiger partial charge in [-0.1, -0.05) is 44.2 Å². The van der Waals surface area contributed by atoms with E-state index in [2.05, 4.69) is 10.1 Å². The second kappa shape index (κ2) is 10.4. The summed E-state index contributed by atoms with van der Waals surface area (Å²) in [7, 11) is 0. The number of nitrogens with one attached hydrogen (secondary N) is 1. The maximum atomic E-state index is 12.5. The molecule has 0 spiro atoms. The van der Waals surface area contributed by atoms with Gasteiger partial charge in [-0.2, -0.15) is 8.78 Å². The van der Waals surface area contributed by atoms with Crippen LogP contribution in [0.5, 0.6) is 11.5 Å². The molecule has 0 fully saturated rings. The van der Waals surface area contributed by atoms with Gasteiger partial charge in [0.05, 0.1) is 5.69 Å². The molecule has 0 heterocycles. The maximum absolute atomic E-state index is 12.5. The molecule has 0 saturated heterocycles. The Hall–Kier alpha value is -3.16. The predicted octanol–water partition coefficient (Wildman–Crippen LogP) is 4.36. The summed E-state index contributed by atoms with van der Waals surface area (Å²) >= 11 is 0. The van der Waals surface area contributed by atoms with Crippen molar-refractivity contribution in [2.75, 3.05) is 11.9 Å². The van der Waals surface area contributed by atoms with Crippen molar-refractivity contribution in [3.05, 3.63) is 54.1 Å². The molecule has 1 amide bonds. The summed E-state index contributed by atoms with van der Waals surface area (Å²) in [6, 6.07) is 13.0. The molecule has 0 aliphatic carbocycles. The number of anilines is 1. The fraction of sp³-hybridized carbons (Fsp3) is 0.333. The summed E-state index contributed by atoms with van der Waals surface area (Å²) in [6.45, 7) is 1.97. The van der Waals surface area contributed by atoms with Crippen LogP contribution in [0.3, 0.4) is 0 Å². The lowest BCUT2D eigenvalue weighted by atomic mass is 10.0. The molecule has 0 unspecified atom stereocenters. The molecule has 0 bridgehead atoms. The van der Waals surface area contributed by atoms with Crippen molar-refractivity contribution in [3.63, 3.8) is 0 Å². The molecule has 0 saturated carbocycles. The molecule has 29 heavy (non-hydrogen) atoms. The summed E-state index contributed by atoms with van der Waals surface area (Å²) in [5.74, 6) is -0.838. The van der Waals surface area contributed by atoms with Crippen LogP contribution >= 0.6 is 0 Å². The number of ether oxygens (including phenoxy) is 3. The van der Waals surface area contributed by atoms with Gasteiger partial charge in [-0.05, 0) is 36.6 Å². The summed E-state index contributed by atoms with van der Waals surface area (Å²) in [6.07, 6.45) is -1.16. The number of hydrogen-bond acceptors (Lipinski definition) is 5. The Labute approximate surface area is 167 Å². The Kier molecular flexibility index (Phi) is 7.94. The molecule has 0 aliphatic rings. The quantitative estimate of drug-likeness (QED) is 0.625. The number of carbonyl (C=O) groups is 2. The number of amides is 1. The molecule has 156 valence electrons. The largest absolute Gasteiger partial charge is 0.482 e. The van der Waals surface area contributed by atoms with Gasteiger partial charge in [0, 0.05) is 0 Å². The molecule has 6 nitrogen and oxygen atoms in total. The molecule has 8 heteroatoms. The van der Waals surface area contributed by atoms with Gasteiger partial charge in [0.2, 0.25) is 0 Å². The third-order valence-corrected chi connectivity index (χ3v) is 3.92. The normalized spacial score (nSPS) is 11.8. The molecule has 1 atom stereocenters. The Morgan fingerprint density at radius 1 is 0.966 bits per heavy atom. The minimum absolute atomic E-state index is 0.0443. The number of rotatable bonds is 9. The van der Waals surface area contributed by atoms with Gasteiger partial charge >= 0.3 is 12.6 Å². The van der Waals surface area contributed by atoms with E-state index in [0.717, 1.165) is 5.56 Å². The summed E-state index contributed by atoms with van der Waals surface area (Å²) < 4.78 is 39.8. The number of esters is 1. The van der Waals surface area contributed by atoms with Crippen molar-refractivity contribution >= 4 is 17.6 Å². The summed E-state index contributed by atoms with van der Waals surface area (Å²) in [5, 5.41) is 2.40. The van der Waals surface area contributed by atoms with Crippen LogP contribution in [0.25, 0.3) is 0 Å². The van der Waals surface area contributed by atoms with Crippen LogP contribution in [0.1, 0.15) is 32.3 Å². The van der Waals surface area contributed by atoms with Gasteiger partial charge in [0.25, 0.3) is 5.91 Å². The van der Waals surface area contributed by atoms with Crippen molar-refractivity contribution in [2.45, 2.75) is 39.4 Å². The molecule has 2 aromatic carbocycles. The van der Waals surface area contributed by atoms with E-state index in [0.29, 0.717) is 5.75 Å². The van der Waals surface area contributed by atoms with Gasteiger partial charge in [-0.15, -0.1) is 0 Å². The predicted molar refractivity (Wildman–Crippen MR) is 103 cm³/mol. The minimum Gasteiger partial charge on any atom is -0.482 e. The van der Waals surface area contributed by atoms with Crippen LogP contribution in [0.4, 0.5) is 14.5 Å². The van der Waals surface area contributed by atoms with Crippen molar-refractivity contribution in [2.24, 2.45) is 0 Å². The van der Waals surface area contributed by atoms with E-state index in [1.165, 1.54) is 25.1 Å². The number of alkyl halides is 2. The number of para-hydroxylation sites is 3. The molecule has 0 aliphatic heterocycles. The van der Waals surface area contributed by atoms with E-state index in [-0.39, 0.29) is 24.0 Å². The van der Waals surface area contributed by atoms with E-state index < -0.39 is 24.6 Å². The number of carbonyl (C=O) groups excluding carboxylic acids is 2. The summed E-state index contributed by atoms with van der Waals surface area (Å²) in [4.78, 5) is 24.3. The van der Waals surface area contributed by atoms with E-state index in [1.807, 2.05) is 26.0 Å². The summed E-state index contributed by atoms with van der Waals surface area (Å²) in [5.41, 5.74) is 0.990. The molecule has 0 aromatic heterocycles. The fourth-order valence-electron chi connectivity index (χ4n) is 2.51. The van der Waals surface area contributed by atoms with Crippen molar-refractivity contribution in [1.29, 1.82) is 0 Å². The molecular weight excluding hydrogens is 384 g/mol. The first-order chi connectivity index (χ1) is 13.8. The number of hydrogen-bond donors (Lipinski definition) is 1. The van der Waals surface area contributed by atoms with Crippen LogP contribution in [0.2, 0.25) is 0 Å². The van der Waals surface area contributed by atoms with Crippen LogP contribution in [0.15, 0.2) is 48.5 Å². The Morgan fingerprint density at radius 3 is 2.24 bits per heavy atom. The zero-order valence-electron chi connectivity index (χ0n) is 16.4. The average molecular weight is 407 g/mol. The highest BCUT2D eigenvalue weighted by Crippen LogP contribution is 2.26. The third-order valence-electron chi connectivity index (χ3n) is 3.92. The van der Waals surface area contributed by atoms with Crippen molar-refractivity contribution in [3.8, 4) is 11.5 Å². The van der Waals surface area contributed by atoms with Crippen LogP contribution < -0.4 is 14.8 Å². The van der Waals surface area contributed by atoms with Crippen LogP contribution in [-0.2, 0) is 14.3 Å². The molecule has 0 radical (unpaired) electrons. The lowest BCUT2D eigenvalue weighted by Crippen LogP contribution is -2.32. The highest BCUT2D eigenvalue weighted by molar-refractivity contribution is 5.96. The topological polar surface area (TPSA) is 73.9 Å². The van der Waals surface area contributed by atoms with Gasteiger partial charge in [-0.3, -0.25) is 4.79 Å². The number of halogens is 2.